The number of aromatic amines is 2. The van der Waals surface area contributed by atoms with E-state index in [0.717, 1.165) is 31.6 Å². The summed E-state index contributed by atoms with van der Waals surface area (Å²) in [6, 6.07) is 8.59. The van der Waals surface area contributed by atoms with Gasteiger partial charge in [0.2, 0.25) is 11.8 Å². The van der Waals surface area contributed by atoms with Gasteiger partial charge in [0.1, 0.15) is 0 Å². The van der Waals surface area contributed by atoms with Gasteiger partial charge in [-0.15, -0.1) is 5.10 Å². The highest BCUT2D eigenvalue weighted by molar-refractivity contribution is 5.91. The van der Waals surface area contributed by atoms with Crippen molar-refractivity contribution < 1.29 is 4.79 Å². The van der Waals surface area contributed by atoms with Gasteiger partial charge in [0.15, 0.2) is 0 Å². The van der Waals surface area contributed by atoms with E-state index in [1.54, 1.807) is 0 Å². The third-order valence-electron chi connectivity index (χ3n) is 5.51. The summed E-state index contributed by atoms with van der Waals surface area (Å²) in [6.07, 6.45) is 2.75. The van der Waals surface area contributed by atoms with Crippen molar-refractivity contribution >= 4 is 22.8 Å². The molecule has 2 unspecified atom stereocenters. The molecule has 0 saturated carbocycles. The molecule has 1 fully saturated rings. The summed E-state index contributed by atoms with van der Waals surface area (Å²) in [7, 11) is 2.12. The molecule has 0 bridgehead atoms. The number of amides is 1. The number of para-hydroxylation sites is 1. The standard InChI is InChI=1S/C20H27N7O/c1-13(10-15-11-21-17-7-5-4-6-16(15)17)22-19(28)18-23-20(25-24-18)27-9-8-26(3)14(2)12-27/h4-7,11,13-14,21H,8-10,12H2,1-3H3,(H,22,28)(H,23,24,25). The summed E-state index contributed by atoms with van der Waals surface area (Å²) < 4.78 is 0. The minimum atomic E-state index is -0.228. The van der Waals surface area contributed by atoms with Crippen LogP contribution in [-0.2, 0) is 6.42 Å². The highest BCUT2D eigenvalue weighted by atomic mass is 16.2. The van der Waals surface area contributed by atoms with Gasteiger partial charge in [-0.05, 0) is 38.9 Å². The second-order valence-corrected chi connectivity index (χ2v) is 7.70. The average molecular weight is 381 g/mol. The molecule has 0 aliphatic carbocycles. The molecule has 148 valence electrons. The minimum absolute atomic E-state index is 0.0242. The summed E-state index contributed by atoms with van der Waals surface area (Å²) in [5.74, 6) is 0.620. The maximum Gasteiger partial charge on any atom is 0.288 e. The molecule has 3 N–H and O–H groups in total. The number of carbonyl (C=O) groups excluding carboxylic acids is 1. The van der Waals surface area contributed by atoms with Crippen LogP contribution in [0.1, 0.15) is 30.0 Å². The van der Waals surface area contributed by atoms with Crippen molar-refractivity contribution in [2.45, 2.75) is 32.4 Å². The molecule has 1 amide bonds. The van der Waals surface area contributed by atoms with Gasteiger partial charge in [-0.25, -0.2) is 0 Å². The topological polar surface area (TPSA) is 92.9 Å². The van der Waals surface area contributed by atoms with Gasteiger partial charge in [0, 0.05) is 48.8 Å². The van der Waals surface area contributed by atoms with E-state index in [1.165, 1.54) is 10.9 Å². The average Bonchev–Trinajstić information content (AvgIpc) is 3.32. The Labute approximate surface area is 164 Å². The second kappa shape index (κ2) is 7.63. The molecule has 28 heavy (non-hydrogen) atoms. The third kappa shape index (κ3) is 3.73. The van der Waals surface area contributed by atoms with Crippen LogP contribution in [0.25, 0.3) is 10.9 Å². The monoisotopic (exact) mass is 381 g/mol. The zero-order valence-corrected chi connectivity index (χ0v) is 16.6. The van der Waals surface area contributed by atoms with E-state index in [1.807, 2.05) is 25.3 Å². The van der Waals surface area contributed by atoms with E-state index in [4.69, 9.17) is 0 Å². The Morgan fingerprint density at radius 1 is 1.36 bits per heavy atom. The molecule has 1 aliphatic rings. The smallest absolute Gasteiger partial charge is 0.288 e. The Balaban J connectivity index is 1.38. The number of rotatable bonds is 5. The van der Waals surface area contributed by atoms with Crippen molar-refractivity contribution in [3.05, 3.63) is 41.9 Å². The molecule has 1 aromatic carbocycles. The molecular formula is C20H27N7O. The first-order chi connectivity index (χ1) is 13.5. The van der Waals surface area contributed by atoms with Crippen LogP contribution in [0.5, 0.6) is 0 Å². The predicted molar refractivity (Wildman–Crippen MR) is 110 cm³/mol. The number of hydrogen-bond donors (Lipinski definition) is 3. The van der Waals surface area contributed by atoms with E-state index in [9.17, 15) is 4.79 Å². The summed E-state index contributed by atoms with van der Waals surface area (Å²) in [5, 5.41) is 11.2. The Morgan fingerprint density at radius 3 is 3.00 bits per heavy atom. The van der Waals surface area contributed by atoms with Gasteiger partial charge < -0.3 is 20.1 Å². The molecule has 8 heteroatoms. The Bertz CT molecular complexity index is 962. The maximum atomic E-state index is 12.6. The lowest BCUT2D eigenvalue weighted by atomic mass is 10.1. The highest BCUT2D eigenvalue weighted by Gasteiger charge is 2.24. The molecule has 4 rings (SSSR count). The zero-order chi connectivity index (χ0) is 19.7. The van der Waals surface area contributed by atoms with Gasteiger partial charge in [0.05, 0.1) is 0 Å². The number of nitrogens with zero attached hydrogens (tertiary/aromatic N) is 4. The molecule has 3 aromatic rings. The molecule has 3 heterocycles. The van der Waals surface area contributed by atoms with Gasteiger partial charge in [-0.3, -0.25) is 9.89 Å². The lowest BCUT2D eigenvalue weighted by Crippen LogP contribution is -2.50. The Hall–Kier alpha value is -2.87. The molecule has 8 nitrogen and oxygen atoms in total. The number of fused-ring (bicyclic) bond motifs is 1. The lowest BCUT2D eigenvalue weighted by Gasteiger charge is -2.37. The van der Waals surface area contributed by atoms with Crippen molar-refractivity contribution in [2.24, 2.45) is 0 Å². The summed E-state index contributed by atoms with van der Waals surface area (Å²) >= 11 is 0. The van der Waals surface area contributed by atoms with Gasteiger partial charge in [-0.1, -0.05) is 18.2 Å². The van der Waals surface area contributed by atoms with Crippen LogP contribution < -0.4 is 10.2 Å². The first-order valence-corrected chi connectivity index (χ1v) is 9.74. The number of nitrogens with one attached hydrogen (secondary N) is 3. The Kier molecular flexibility index (Phi) is 5.04. The Morgan fingerprint density at radius 2 is 2.18 bits per heavy atom. The van der Waals surface area contributed by atoms with E-state index in [0.29, 0.717) is 12.0 Å². The van der Waals surface area contributed by atoms with Crippen LogP contribution in [0.4, 0.5) is 5.95 Å². The fraction of sp³-hybridized carbons (Fsp3) is 0.450. The lowest BCUT2D eigenvalue weighted by molar-refractivity contribution is 0.0930. The number of hydrogen-bond acceptors (Lipinski definition) is 5. The van der Waals surface area contributed by atoms with Crippen molar-refractivity contribution in [1.29, 1.82) is 0 Å². The van der Waals surface area contributed by atoms with Gasteiger partial charge >= 0.3 is 0 Å². The second-order valence-electron chi connectivity index (χ2n) is 7.70. The van der Waals surface area contributed by atoms with Crippen LogP contribution in [0.2, 0.25) is 0 Å². The summed E-state index contributed by atoms with van der Waals surface area (Å²) in [5.41, 5.74) is 2.30. The number of carbonyl (C=O) groups is 1. The molecule has 1 aliphatic heterocycles. The van der Waals surface area contributed by atoms with E-state index < -0.39 is 0 Å². The summed E-state index contributed by atoms with van der Waals surface area (Å²) in [4.78, 5) is 24.7. The molecular weight excluding hydrogens is 354 g/mol. The van der Waals surface area contributed by atoms with Crippen LogP contribution >= 0.6 is 0 Å². The fourth-order valence-electron chi connectivity index (χ4n) is 3.70. The summed E-state index contributed by atoms with van der Waals surface area (Å²) in [6.45, 7) is 6.85. The van der Waals surface area contributed by atoms with Crippen molar-refractivity contribution in [2.75, 3.05) is 31.6 Å². The molecule has 0 radical (unpaired) electrons. The van der Waals surface area contributed by atoms with Crippen LogP contribution in [0.3, 0.4) is 0 Å². The van der Waals surface area contributed by atoms with Crippen molar-refractivity contribution in [1.82, 2.24) is 30.4 Å². The van der Waals surface area contributed by atoms with E-state index in [2.05, 4.69) is 61.4 Å². The number of likely N-dealkylation sites (N-methyl/N-ethyl adjacent to an activating group) is 1. The molecule has 2 aromatic heterocycles. The van der Waals surface area contributed by atoms with E-state index in [-0.39, 0.29) is 17.8 Å². The number of anilines is 1. The van der Waals surface area contributed by atoms with Gasteiger partial charge in [0.25, 0.3) is 5.91 Å². The third-order valence-corrected chi connectivity index (χ3v) is 5.51. The van der Waals surface area contributed by atoms with Crippen molar-refractivity contribution in [3.63, 3.8) is 0 Å². The van der Waals surface area contributed by atoms with Crippen LogP contribution in [0.15, 0.2) is 30.5 Å². The highest BCUT2D eigenvalue weighted by Crippen LogP contribution is 2.19. The van der Waals surface area contributed by atoms with Crippen molar-refractivity contribution in [3.8, 4) is 0 Å². The zero-order valence-electron chi connectivity index (χ0n) is 16.6. The quantitative estimate of drug-likeness (QED) is 0.627. The number of piperazine rings is 1. The fourth-order valence-corrected chi connectivity index (χ4v) is 3.70. The minimum Gasteiger partial charge on any atom is -0.361 e. The maximum absolute atomic E-state index is 12.6. The van der Waals surface area contributed by atoms with E-state index >= 15 is 0 Å². The van der Waals surface area contributed by atoms with Crippen LogP contribution in [-0.4, -0.2) is 69.7 Å². The molecule has 1 saturated heterocycles. The number of H-pyrrole nitrogens is 2. The first kappa shape index (κ1) is 18.5. The SMILES string of the molecule is CC(Cc1c[nH]c2ccccc12)NC(=O)c1nc(N2CCN(C)C(C)C2)n[nH]1. The predicted octanol–water partition coefficient (Wildman–Crippen LogP) is 1.79. The first-order valence-electron chi connectivity index (χ1n) is 9.74. The normalized spacial score (nSPS) is 19.1. The largest absolute Gasteiger partial charge is 0.361 e. The van der Waals surface area contributed by atoms with Crippen LogP contribution in [0, 0.1) is 0 Å². The molecule has 0 spiro atoms. The number of benzene rings is 1. The molecule has 2 atom stereocenters. The number of aromatic nitrogens is 4. The van der Waals surface area contributed by atoms with Gasteiger partial charge in [-0.2, -0.15) is 4.98 Å².